The molecule has 0 atom stereocenters. The Balaban J connectivity index is 1.48. The average Bonchev–Trinajstić information content (AvgIpc) is 2.86. The summed E-state index contributed by atoms with van der Waals surface area (Å²) in [4.78, 5) is 34.9. The minimum Gasteiger partial charge on any atom is -0.490 e. The van der Waals surface area contributed by atoms with E-state index in [9.17, 15) is 19.7 Å². The lowest BCUT2D eigenvalue weighted by Gasteiger charge is -2.14. The first-order valence-corrected chi connectivity index (χ1v) is 10.4. The number of hydrogen-bond acceptors (Lipinski definition) is 7. The highest BCUT2D eigenvalue weighted by molar-refractivity contribution is 7.80. The van der Waals surface area contributed by atoms with Crippen LogP contribution in [0, 0.1) is 10.1 Å². The van der Waals surface area contributed by atoms with E-state index in [1.165, 1.54) is 24.3 Å². The summed E-state index contributed by atoms with van der Waals surface area (Å²) in [7, 11) is 0. The van der Waals surface area contributed by atoms with Crippen molar-refractivity contribution in [3.63, 3.8) is 0 Å². The number of ether oxygens (including phenoxy) is 2. The topological polar surface area (TPSA) is 132 Å². The molecule has 174 valence electrons. The van der Waals surface area contributed by atoms with Gasteiger partial charge in [0.15, 0.2) is 5.11 Å². The summed E-state index contributed by atoms with van der Waals surface area (Å²) in [5, 5.41) is 13.0. The van der Waals surface area contributed by atoms with E-state index in [-0.39, 0.29) is 35.1 Å². The zero-order chi connectivity index (χ0) is 24.3. The molecule has 0 fully saturated rings. The third kappa shape index (κ3) is 7.00. The van der Waals surface area contributed by atoms with Crippen molar-refractivity contribution in [2.75, 3.05) is 13.2 Å². The van der Waals surface area contributed by atoms with E-state index in [4.69, 9.17) is 21.7 Å². The van der Waals surface area contributed by atoms with Gasteiger partial charge in [-0.25, -0.2) is 0 Å². The van der Waals surface area contributed by atoms with Crippen LogP contribution in [-0.4, -0.2) is 35.1 Å². The minimum absolute atomic E-state index is 0.139. The Labute approximate surface area is 200 Å². The van der Waals surface area contributed by atoms with Crippen molar-refractivity contribution in [1.82, 2.24) is 16.2 Å². The number of benzene rings is 3. The van der Waals surface area contributed by atoms with Crippen LogP contribution in [0.1, 0.15) is 20.7 Å². The summed E-state index contributed by atoms with van der Waals surface area (Å²) >= 11 is 5.05. The van der Waals surface area contributed by atoms with Crippen molar-refractivity contribution in [3.8, 4) is 11.5 Å². The summed E-state index contributed by atoms with van der Waals surface area (Å²) in [6.07, 6.45) is 0. The van der Waals surface area contributed by atoms with E-state index in [1.54, 1.807) is 24.3 Å². The monoisotopic (exact) mass is 480 g/mol. The molecule has 10 nitrogen and oxygen atoms in total. The minimum atomic E-state index is -0.589. The highest BCUT2D eigenvalue weighted by Gasteiger charge is 2.15. The molecule has 11 heteroatoms. The number of para-hydroxylation sites is 2. The fourth-order valence-corrected chi connectivity index (χ4v) is 2.87. The molecule has 0 saturated carbocycles. The standard InChI is InChI=1S/C23H20N4O6S/c28-21(16-10-12-17(13-11-16)27(30)31)25-26-23(34)24-22(29)19-8-4-5-9-20(19)33-15-14-32-18-6-2-1-3-7-18/h1-13H,14-15H2,(H,25,28)(H2,24,26,29,34). The van der Waals surface area contributed by atoms with Gasteiger partial charge in [0.05, 0.1) is 10.5 Å². The highest BCUT2D eigenvalue weighted by atomic mass is 32.1. The molecule has 0 radical (unpaired) electrons. The van der Waals surface area contributed by atoms with E-state index < -0.39 is 16.7 Å². The molecule has 0 bridgehead atoms. The Morgan fingerprint density at radius 1 is 0.824 bits per heavy atom. The van der Waals surface area contributed by atoms with E-state index in [2.05, 4.69) is 16.2 Å². The molecule has 0 aromatic heterocycles. The summed E-state index contributed by atoms with van der Waals surface area (Å²) in [6.45, 7) is 0.502. The van der Waals surface area contributed by atoms with Crippen molar-refractivity contribution < 1.29 is 24.0 Å². The van der Waals surface area contributed by atoms with Gasteiger partial charge in [0.1, 0.15) is 24.7 Å². The number of carbonyl (C=O) groups is 2. The number of hydrogen-bond donors (Lipinski definition) is 3. The fraction of sp³-hybridized carbons (Fsp3) is 0.0870. The van der Waals surface area contributed by atoms with Gasteiger partial charge in [0, 0.05) is 17.7 Å². The maximum atomic E-state index is 12.6. The molecule has 3 rings (SSSR count). The molecule has 0 heterocycles. The van der Waals surface area contributed by atoms with Gasteiger partial charge in [0.2, 0.25) is 0 Å². The van der Waals surface area contributed by atoms with Crippen LogP contribution in [-0.2, 0) is 0 Å². The van der Waals surface area contributed by atoms with Gasteiger partial charge in [-0.05, 0) is 48.6 Å². The van der Waals surface area contributed by atoms with Crippen molar-refractivity contribution in [2.45, 2.75) is 0 Å². The van der Waals surface area contributed by atoms with Gasteiger partial charge in [-0.2, -0.15) is 0 Å². The number of nitrogens with zero attached hydrogens (tertiary/aromatic N) is 1. The number of rotatable bonds is 8. The van der Waals surface area contributed by atoms with Crippen molar-refractivity contribution in [2.24, 2.45) is 0 Å². The predicted molar refractivity (Wildman–Crippen MR) is 128 cm³/mol. The normalized spacial score (nSPS) is 10.0. The Morgan fingerprint density at radius 2 is 1.47 bits per heavy atom. The number of non-ortho nitro benzene ring substituents is 1. The average molecular weight is 481 g/mol. The van der Waals surface area contributed by atoms with Crippen molar-refractivity contribution in [3.05, 3.63) is 100 Å². The Bertz CT molecular complexity index is 1170. The van der Waals surface area contributed by atoms with Crippen LogP contribution in [0.4, 0.5) is 5.69 Å². The number of carbonyl (C=O) groups excluding carboxylic acids is 2. The van der Waals surface area contributed by atoms with Gasteiger partial charge in [-0.15, -0.1) is 0 Å². The second-order valence-electron chi connectivity index (χ2n) is 6.67. The molecule has 0 spiro atoms. The number of hydrazine groups is 1. The quantitative estimate of drug-likeness (QED) is 0.194. The molecule has 2 amide bonds. The van der Waals surface area contributed by atoms with Gasteiger partial charge < -0.3 is 9.47 Å². The van der Waals surface area contributed by atoms with Crippen LogP contribution in [0.15, 0.2) is 78.9 Å². The van der Waals surface area contributed by atoms with Crippen LogP contribution in [0.5, 0.6) is 11.5 Å². The van der Waals surface area contributed by atoms with E-state index in [1.807, 2.05) is 30.3 Å². The molecule has 0 saturated heterocycles. The molecular weight excluding hydrogens is 460 g/mol. The van der Waals surface area contributed by atoms with Gasteiger partial charge in [0.25, 0.3) is 17.5 Å². The Morgan fingerprint density at radius 3 is 2.18 bits per heavy atom. The molecule has 0 aliphatic heterocycles. The molecular formula is C23H20N4O6S. The molecule has 3 aromatic carbocycles. The van der Waals surface area contributed by atoms with Gasteiger partial charge >= 0.3 is 0 Å². The largest absolute Gasteiger partial charge is 0.490 e. The van der Waals surface area contributed by atoms with Crippen LogP contribution in [0.25, 0.3) is 0 Å². The first-order valence-electron chi connectivity index (χ1n) is 10.00. The zero-order valence-corrected chi connectivity index (χ0v) is 18.5. The lowest BCUT2D eigenvalue weighted by molar-refractivity contribution is -0.384. The molecule has 3 aromatic rings. The summed E-state index contributed by atoms with van der Waals surface area (Å²) < 4.78 is 11.2. The number of nitro groups is 1. The number of thiocarbonyl (C=S) groups is 1. The van der Waals surface area contributed by atoms with E-state index in [0.29, 0.717) is 11.5 Å². The molecule has 34 heavy (non-hydrogen) atoms. The summed E-state index contributed by atoms with van der Waals surface area (Å²) in [5.74, 6) is -0.0750. The van der Waals surface area contributed by atoms with Gasteiger partial charge in [-0.3, -0.25) is 35.9 Å². The van der Waals surface area contributed by atoms with E-state index in [0.717, 1.165) is 0 Å². The maximum Gasteiger partial charge on any atom is 0.269 e. The van der Waals surface area contributed by atoms with Crippen LogP contribution in [0.2, 0.25) is 0 Å². The third-order valence-corrected chi connectivity index (χ3v) is 4.55. The first kappa shape index (κ1) is 24.1. The Hall–Kier alpha value is -4.51. The zero-order valence-electron chi connectivity index (χ0n) is 17.7. The molecule has 3 N–H and O–H groups in total. The lowest BCUT2D eigenvalue weighted by Crippen LogP contribution is -2.48. The third-order valence-electron chi connectivity index (χ3n) is 4.34. The molecule has 0 aliphatic carbocycles. The Kier molecular flexibility index (Phi) is 8.47. The second-order valence-corrected chi connectivity index (χ2v) is 7.08. The summed E-state index contributed by atoms with van der Waals surface area (Å²) in [6, 6.07) is 20.9. The van der Waals surface area contributed by atoms with Crippen molar-refractivity contribution in [1.29, 1.82) is 0 Å². The number of amides is 2. The highest BCUT2D eigenvalue weighted by Crippen LogP contribution is 2.18. The van der Waals surface area contributed by atoms with Crippen LogP contribution in [0.3, 0.4) is 0 Å². The predicted octanol–water partition coefficient (Wildman–Crippen LogP) is 3.00. The maximum absolute atomic E-state index is 12.6. The smallest absolute Gasteiger partial charge is 0.269 e. The second kappa shape index (κ2) is 11.9. The number of nitro benzene ring substituents is 1. The molecule has 0 aliphatic rings. The lowest BCUT2D eigenvalue weighted by atomic mass is 10.2. The SMILES string of the molecule is O=C(NNC(=S)NC(=O)c1ccccc1OCCOc1ccccc1)c1ccc([N+](=O)[O-])cc1. The van der Waals surface area contributed by atoms with Gasteiger partial charge in [-0.1, -0.05) is 30.3 Å². The van der Waals surface area contributed by atoms with Crippen LogP contribution >= 0.6 is 12.2 Å². The number of nitrogens with one attached hydrogen (secondary N) is 3. The molecule has 0 unspecified atom stereocenters. The first-order chi connectivity index (χ1) is 16.4. The summed E-state index contributed by atoms with van der Waals surface area (Å²) in [5.41, 5.74) is 5.00. The fourth-order valence-electron chi connectivity index (χ4n) is 2.73. The van der Waals surface area contributed by atoms with E-state index >= 15 is 0 Å². The van der Waals surface area contributed by atoms with Crippen LogP contribution < -0.4 is 25.6 Å². The van der Waals surface area contributed by atoms with Crippen molar-refractivity contribution >= 4 is 34.8 Å².